The second kappa shape index (κ2) is 6.67. The van der Waals surface area contributed by atoms with Crippen LogP contribution in [0, 0.1) is 0 Å². The highest BCUT2D eigenvalue weighted by atomic mass is 16.5. The number of nitrogens with two attached hydrogens (primary N) is 1. The summed E-state index contributed by atoms with van der Waals surface area (Å²) < 4.78 is 4.98. The Morgan fingerprint density at radius 2 is 2.19 bits per heavy atom. The minimum atomic E-state index is -0.985. The molecule has 0 saturated carbocycles. The van der Waals surface area contributed by atoms with Crippen molar-refractivity contribution in [2.75, 3.05) is 24.8 Å². The summed E-state index contributed by atoms with van der Waals surface area (Å²) in [6, 6.07) is 8.03. The summed E-state index contributed by atoms with van der Waals surface area (Å²) in [6.07, 6.45) is 0.547. The molecule has 0 atom stereocenters. The molecule has 0 aliphatic carbocycles. The molecule has 4 N–H and O–H groups in total. The summed E-state index contributed by atoms with van der Waals surface area (Å²) in [4.78, 5) is 19.4. The summed E-state index contributed by atoms with van der Waals surface area (Å²) in [6.45, 7) is 0.497. The Balaban J connectivity index is 2.20. The van der Waals surface area contributed by atoms with E-state index in [2.05, 4.69) is 15.3 Å². The van der Waals surface area contributed by atoms with Crippen LogP contribution in [0.2, 0.25) is 0 Å². The number of nitrogen functional groups attached to an aromatic ring is 1. The molecule has 0 bridgehead atoms. The number of nitrogens with zero attached hydrogens (tertiary/aromatic N) is 2. The molecule has 0 fully saturated rings. The molecule has 2 aromatic rings. The molecule has 21 heavy (non-hydrogen) atoms. The zero-order chi connectivity index (χ0) is 15.2. The average molecular weight is 288 g/mol. The molecular formula is C14H16N4O3. The summed E-state index contributed by atoms with van der Waals surface area (Å²) in [5.41, 5.74) is 6.55. The molecular weight excluding hydrogens is 272 g/mol. The highest BCUT2D eigenvalue weighted by molar-refractivity contribution is 5.89. The van der Waals surface area contributed by atoms with Gasteiger partial charge in [0.15, 0.2) is 0 Å². The maximum absolute atomic E-state index is 10.9. The number of methoxy groups -OCH3 is 1. The van der Waals surface area contributed by atoms with Crippen LogP contribution in [0.5, 0.6) is 0 Å². The van der Waals surface area contributed by atoms with Crippen LogP contribution in [-0.4, -0.2) is 34.8 Å². The van der Waals surface area contributed by atoms with Crippen LogP contribution in [0.3, 0.4) is 0 Å². The zero-order valence-electron chi connectivity index (χ0n) is 11.5. The van der Waals surface area contributed by atoms with Gasteiger partial charge in [0.2, 0.25) is 0 Å². The fourth-order valence-corrected chi connectivity index (χ4v) is 1.76. The highest BCUT2D eigenvalue weighted by Crippen LogP contribution is 2.18. The second-order valence-corrected chi connectivity index (χ2v) is 4.35. The third-order valence-electron chi connectivity index (χ3n) is 2.70. The molecule has 1 heterocycles. The summed E-state index contributed by atoms with van der Waals surface area (Å²) in [5.74, 6) is 0.430. The monoisotopic (exact) mass is 288 g/mol. The van der Waals surface area contributed by atoms with Crippen molar-refractivity contribution >= 4 is 23.3 Å². The van der Waals surface area contributed by atoms with E-state index in [1.54, 1.807) is 25.3 Å². The van der Waals surface area contributed by atoms with E-state index >= 15 is 0 Å². The van der Waals surface area contributed by atoms with Gasteiger partial charge in [-0.3, -0.25) is 0 Å². The van der Waals surface area contributed by atoms with E-state index in [1.807, 2.05) is 0 Å². The van der Waals surface area contributed by atoms with Gasteiger partial charge < -0.3 is 20.9 Å². The quantitative estimate of drug-likeness (QED) is 0.741. The van der Waals surface area contributed by atoms with Crippen molar-refractivity contribution in [1.82, 2.24) is 9.97 Å². The highest BCUT2D eigenvalue weighted by Gasteiger charge is 2.06. The lowest BCUT2D eigenvalue weighted by Crippen LogP contribution is -2.06. The summed E-state index contributed by atoms with van der Waals surface area (Å²) >= 11 is 0. The number of carbonyl (C=O) groups is 1. The topological polar surface area (TPSA) is 110 Å². The van der Waals surface area contributed by atoms with Gasteiger partial charge in [-0.05, 0) is 18.2 Å². The van der Waals surface area contributed by atoms with E-state index in [0.717, 1.165) is 0 Å². The van der Waals surface area contributed by atoms with Gasteiger partial charge in [-0.2, -0.15) is 0 Å². The molecule has 110 valence electrons. The van der Waals surface area contributed by atoms with E-state index in [-0.39, 0.29) is 5.56 Å². The van der Waals surface area contributed by atoms with Crippen molar-refractivity contribution in [2.45, 2.75) is 6.42 Å². The number of carboxylic acid groups (broad SMARTS) is 1. The fourth-order valence-electron chi connectivity index (χ4n) is 1.76. The smallest absolute Gasteiger partial charge is 0.335 e. The number of rotatable bonds is 6. The summed E-state index contributed by atoms with van der Waals surface area (Å²) in [5, 5.41) is 12.0. The van der Waals surface area contributed by atoms with E-state index in [0.29, 0.717) is 36.2 Å². The predicted molar refractivity (Wildman–Crippen MR) is 78.7 cm³/mol. The van der Waals surface area contributed by atoms with E-state index in [1.165, 1.54) is 12.1 Å². The molecule has 0 aliphatic rings. The lowest BCUT2D eigenvalue weighted by molar-refractivity contribution is 0.0697. The van der Waals surface area contributed by atoms with Crippen molar-refractivity contribution in [2.24, 2.45) is 0 Å². The molecule has 1 aromatic carbocycles. The second-order valence-electron chi connectivity index (χ2n) is 4.35. The first kappa shape index (κ1) is 14.7. The molecule has 7 heteroatoms. The number of aromatic nitrogens is 2. The maximum atomic E-state index is 10.9. The zero-order valence-corrected chi connectivity index (χ0v) is 11.5. The largest absolute Gasteiger partial charge is 0.478 e. The Bertz CT molecular complexity index is 646. The van der Waals surface area contributed by atoms with Gasteiger partial charge in [-0.1, -0.05) is 6.07 Å². The third kappa shape index (κ3) is 4.15. The fraction of sp³-hybridized carbons (Fsp3) is 0.214. The Morgan fingerprint density at radius 3 is 2.90 bits per heavy atom. The number of carboxylic acids is 1. The molecule has 0 aliphatic heterocycles. The van der Waals surface area contributed by atoms with Crippen LogP contribution in [0.4, 0.5) is 17.3 Å². The van der Waals surface area contributed by atoms with Gasteiger partial charge in [0.1, 0.15) is 17.5 Å². The Hall–Kier alpha value is -2.67. The van der Waals surface area contributed by atoms with Crippen molar-refractivity contribution in [3.8, 4) is 0 Å². The number of ether oxygens (including phenoxy) is 1. The molecule has 0 unspecified atom stereocenters. The van der Waals surface area contributed by atoms with Gasteiger partial charge in [0.25, 0.3) is 0 Å². The number of aromatic carboxylic acids is 1. The van der Waals surface area contributed by atoms with Crippen LogP contribution >= 0.6 is 0 Å². The lowest BCUT2D eigenvalue weighted by Gasteiger charge is -2.09. The molecule has 1 aromatic heterocycles. The van der Waals surface area contributed by atoms with Gasteiger partial charge in [0, 0.05) is 25.3 Å². The normalized spacial score (nSPS) is 10.3. The van der Waals surface area contributed by atoms with Crippen molar-refractivity contribution in [3.05, 3.63) is 41.7 Å². The van der Waals surface area contributed by atoms with E-state index in [9.17, 15) is 4.79 Å². The van der Waals surface area contributed by atoms with Crippen LogP contribution < -0.4 is 11.1 Å². The average Bonchev–Trinajstić information content (AvgIpc) is 2.45. The minimum absolute atomic E-state index is 0.196. The SMILES string of the molecule is COCCc1nc(N)cc(Nc2cccc(C(=O)O)c2)n1. The van der Waals surface area contributed by atoms with Gasteiger partial charge in [-0.15, -0.1) is 0 Å². The van der Waals surface area contributed by atoms with Crippen LogP contribution in [0.1, 0.15) is 16.2 Å². The number of benzene rings is 1. The predicted octanol–water partition coefficient (Wildman–Crippen LogP) is 1.69. The first-order chi connectivity index (χ1) is 10.1. The molecule has 0 radical (unpaired) electrons. The Kier molecular flexibility index (Phi) is 4.68. The first-order valence-electron chi connectivity index (χ1n) is 6.31. The lowest BCUT2D eigenvalue weighted by atomic mass is 10.2. The van der Waals surface area contributed by atoms with Gasteiger partial charge in [0.05, 0.1) is 12.2 Å². The van der Waals surface area contributed by atoms with Gasteiger partial charge in [-0.25, -0.2) is 14.8 Å². The van der Waals surface area contributed by atoms with Crippen molar-refractivity contribution < 1.29 is 14.6 Å². The maximum Gasteiger partial charge on any atom is 0.335 e. The van der Waals surface area contributed by atoms with Crippen molar-refractivity contribution in [1.29, 1.82) is 0 Å². The molecule has 2 rings (SSSR count). The Morgan fingerprint density at radius 1 is 1.38 bits per heavy atom. The molecule has 0 saturated heterocycles. The summed E-state index contributed by atoms with van der Waals surface area (Å²) in [7, 11) is 1.60. The van der Waals surface area contributed by atoms with Crippen molar-refractivity contribution in [3.63, 3.8) is 0 Å². The Labute approximate surface area is 121 Å². The van der Waals surface area contributed by atoms with E-state index < -0.39 is 5.97 Å². The number of hydrogen-bond donors (Lipinski definition) is 3. The third-order valence-corrected chi connectivity index (χ3v) is 2.70. The van der Waals surface area contributed by atoms with Gasteiger partial charge >= 0.3 is 5.97 Å². The minimum Gasteiger partial charge on any atom is -0.478 e. The van der Waals surface area contributed by atoms with Crippen LogP contribution in [0.15, 0.2) is 30.3 Å². The number of nitrogens with one attached hydrogen (secondary N) is 1. The number of hydrogen-bond acceptors (Lipinski definition) is 6. The molecule has 7 nitrogen and oxygen atoms in total. The van der Waals surface area contributed by atoms with Crippen LogP contribution in [-0.2, 0) is 11.2 Å². The molecule has 0 amide bonds. The molecule has 0 spiro atoms. The standard InChI is InChI=1S/C14H16N4O3/c1-21-6-5-12-17-11(15)8-13(18-12)16-10-4-2-3-9(7-10)14(19)20/h2-4,7-8H,5-6H2,1H3,(H,19,20)(H3,15,16,17,18). The first-order valence-corrected chi connectivity index (χ1v) is 6.31. The number of anilines is 3. The van der Waals surface area contributed by atoms with E-state index in [4.69, 9.17) is 15.6 Å². The van der Waals surface area contributed by atoms with Crippen LogP contribution in [0.25, 0.3) is 0 Å².